The van der Waals surface area contributed by atoms with Gasteiger partial charge in [-0.05, 0) is 36.5 Å². The number of ether oxygens (including phenoxy) is 1. The number of carboxylic acid groups (broad SMARTS) is 1. The number of thiophene rings is 1. The van der Waals surface area contributed by atoms with Gasteiger partial charge in [0.05, 0.1) is 29.8 Å². The number of methoxy groups -OCH3 is 1. The Morgan fingerprint density at radius 3 is 3.11 bits per heavy atom. The van der Waals surface area contributed by atoms with E-state index in [2.05, 4.69) is 26.1 Å². The normalized spacial score (nSPS) is 17.7. The quantitative estimate of drug-likeness (QED) is 0.532. The number of benzene rings is 1. The van der Waals surface area contributed by atoms with E-state index in [1.807, 2.05) is 12.1 Å². The molecule has 0 spiro atoms. The van der Waals surface area contributed by atoms with Gasteiger partial charge in [0.25, 0.3) is 0 Å². The van der Waals surface area contributed by atoms with Gasteiger partial charge < -0.3 is 20.6 Å². The molecule has 0 saturated carbocycles. The number of aliphatic carboxylic acids is 1. The Balaban J connectivity index is 1.57. The average Bonchev–Trinajstić information content (AvgIpc) is 3.30. The highest BCUT2D eigenvalue weighted by Gasteiger charge is 2.29. The van der Waals surface area contributed by atoms with Crippen molar-refractivity contribution >= 4 is 44.7 Å². The number of carbonyl (C=O) groups is 1. The van der Waals surface area contributed by atoms with E-state index in [1.54, 1.807) is 24.8 Å². The van der Waals surface area contributed by atoms with Crippen LogP contribution < -0.4 is 20.9 Å². The van der Waals surface area contributed by atoms with E-state index in [-0.39, 0.29) is 5.92 Å². The molecule has 2 aromatic heterocycles. The van der Waals surface area contributed by atoms with Crippen molar-refractivity contribution in [2.45, 2.75) is 25.8 Å². The first-order chi connectivity index (χ1) is 13.6. The van der Waals surface area contributed by atoms with E-state index in [0.29, 0.717) is 12.8 Å². The number of carboxylic acids is 1. The minimum atomic E-state index is -0.724. The van der Waals surface area contributed by atoms with E-state index in [4.69, 9.17) is 4.74 Å². The fourth-order valence-corrected chi connectivity index (χ4v) is 5.20. The largest absolute Gasteiger partial charge is 0.494 e. The summed E-state index contributed by atoms with van der Waals surface area (Å²) >= 11 is 1.57. The first-order valence-electron chi connectivity index (χ1n) is 9.09. The topological polar surface area (TPSA) is 108 Å². The van der Waals surface area contributed by atoms with Gasteiger partial charge in [0.15, 0.2) is 0 Å². The van der Waals surface area contributed by atoms with Crippen molar-refractivity contribution in [1.29, 1.82) is 0 Å². The average molecular weight is 397 g/mol. The summed E-state index contributed by atoms with van der Waals surface area (Å²) in [6.45, 7) is 0.734. The number of rotatable bonds is 4. The number of nitrogens with one attached hydrogen (secondary N) is 3. The first kappa shape index (κ1) is 17.2. The molecule has 0 radical (unpaired) electrons. The molecule has 5 rings (SSSR count). The van der Waals surface area contributed by atoms with Gasteiger partial charge in [-0.25, -0.2) is 15.4 Å². The Kier molecular flexibility index (Phi) is 4.06. The molecular formula is C19H19N5O3S. The van der Waals surface area contributed by atoms with E-state index >= 15 is 0 Å². The molecule has 1 atom stereocenters. The number of hydrazine groups is 1. The van der Waals surface area contributed by atoms with E-state index in [9.17, 15) is 9.90 Å². The summed E-state index contributed by atoms with van der Waals surface area (Å²) in [4.78, 5) is 22.3. The van der Waals surface area contributed by atoms with E-state index in [1.165, 1.54) is 5.56 Å². The monoisotopic (exact) mass is 397 g/mol. The van der Waals surface area contributed by atoms with Gasteiger partial charge in [-0.15, -0.1) is 11.3 Å². The molecule has 2 aliphatic rings. The van der Waals surface area contributed by atoms with Gasteiger partial charge in [0, 0.05) is 17.5 Å². The summed E-state index contributed by atoms with van der Waals surface area (Å²) in [5.41, 5.74) is 10.4. The molecule has 1 aliphatic carbocycles. The standard InChI is InChI=1S/C19H19N5O3S/c1-27-14-6-12-10(7-22-24-12)4-13(14)23-17-16-11-3-2-9(19(25)26)5-15(11)28-18(16)21-8-20-17/h4,6,8-9,22,24H,2-3,5,7H2,1H3,(H,25,26)(H,20,21,23). The van der Waals surface area contributed by atoms with E-state index < -0.39 is 5.97 Å². The summed E-state index contributed by atoms with van der Waals surface area (Å²) in [5, 5.41) is 13.8. The lowest BCUT2D eigenvalue weighted by atomic mass is 9.88. The second-order valence-corrected chi connectivity index (χ2v) is 8.08. The molecule has 0 bridgehead atoms. The Bertz CT molecular complexity index is 1100. The zero-order chi connectivity index (χ0) is 19.3. The highest BCUT2D eigenvalue weighted by molar-refractivity contribution is 7.19. The molecular weight excluding hydrogens is 378 g/mol. The Labute approximate surface area is 164 Å². The third-order valence-corrected chi connectivity index (χ3v) is 6.54. The van der Waals surface area contributed by atoms with Crippen molar-refractivity contribution in [3.8, 4) is 5.75 Å². The number of aromatic nitrogens is 2. The van der Waals surface area contributed by atoms with Gasteiger partial charge in [-0.1, -0.05) is 0 Å². The van der Waals surface area contributed by atoms with Crippen LogP contribution in [0.4, 0.5) is 17.2 Å². The van der Waals surface area contributed by atoms with Crippen LogP contribution in [0.25, 0.3) is 10.2 Å². The van der Waals surface area contributed by atoms with Crippen LogP contribution in [0.1, 0.15) is 22.4 Å². The molecule has 144 valence electrons. The van der Waals surface area contributed by atoms with Gasteiger partial charge in [0.1, 0.15) is 22.7 Å². The second-order valence-electron chi connectivity index (χ2n) is 7.00. The number of anilines is 3. The van der Waals surface area contributed by atoms with Crippen LogP contribution in [0.2, 0.25) is 0 Å². The number of hydrogen-bond acceptors (Lipinski definition) is 8. The zero-order valence-corrected chi connectivity index (χ0v) is 16.0. The fraction of sp³-hybridized carbons (Fsp3) is 0.316. The molecule has 0 fully saturated rings. The Morgan fingerprint density at radius 1 is 1.39 bits per heavy atom. The molecule has 1 aliphatic heterocycles. The molecule has 0 saturated heterocycles. The maximum absolute atomic E-state index is 11.4. The number of hydrogen-bond donors (Lipinski definition) is 4. The second kappa shape index (κ2) is 6.61. The van der Waals surface area contributed by atoms with Crippen LogP contribution in [0.3, 0.4) is 0 Å². The van der Waals surface area contributed by atoms with Crippen LogP contribution >= 0.6 is 11.3 Å². The molecule has 8 nitrogen and oxygen atoms in total. The lowest BCUT2D eigenvalue weighted by Crippen LogP contribution is -2.21. The third kappa shape index (κ3) is 2.74. The van der Waals surface area contributed by atoms with Crippen molar-refractivity contribution in [2.24, 2.45) is 5.92 Å². The SMILES string of the molecule is COc1cc2c(cc1Nc1ncnc3sc4c(c13)CCC(C(=O)O)C4)CNN2. The highest BCUT2D eigenvalue weighted by atomic mass is 32.1. The van der Waals surface area contributed by atoms with Crippen molar-refractivity contribution in [3.05, 3.63) is 34.5 Å². The number of nitrogens with zero attached hydrogens (tertiary/aromatic N) is 2. The van der Waals surface area contributed by atoms with Crippen molar-refractivity contribution < 1.29 is 14.6 Å². The van der Waals surface area contributed by atoms with Crippen molar-refractivity contribution in [2.75, 3.05) is 17.9 Å². The van der Waals surface area contributed by atoms with Crippen LogP contribution in [0.5, 0.6) is 5.75 Å². The van der Waals surface area contributed by atoms with Crippen LogP contribution in [-0.2, 0) is 24.2 Å². The smallest absolute Gasteiger partial charge is 0.306 e. The van der Waals surface area contributed by atoms with Crippen LogP contribution in [-0.4, -0.2) is 28.2 Å². The Hall–Kier alpha value is -2.91. The number of fused-ring (bicyclic) bond motifs is 4. The highest BCUT2D eigenvalue weighted by Crippen LogP contribution is 2.42. The first-order valence-corrected chi connectivity index (χ1v) is 9.90. The predicted molar refractivity (Wildman–Crippen MR) is 107 cm³/mol. The lowest BCUT2D eigenvalue weighted by molar-refractivity contribution is -0.142. The molecule has 4 N–H and O–H groups in total. The lowest BCUT2D eigenvalue weighted by Gasteiger charge is -2.19. The summed E-state index contributed by atoms with van der Waals surface area (Å²) in [6.07, 6.45) is 3.47. The summed E-state index contributed by atoms with van der Waals surface area (Å²) < 4.78 is 5.55. The summed E-state index contributed by atoms with van der Waals surface area (Å²) in [7, 11) is 1.64. The van der Waals surface area contributed by atoms with Crippen molar-refractivity contribution in [1.82, 2.24) is 15.4 Å². The minimum Gasteiger partial charge on any atom is -0.494 e. The zero-order valence-electron chi connectivity index (χ0n) is 15.2. The summed E-state index contributed by atoms with van der Waals surface area (Å²) in [5.74, 6) is 0.407. The maximum Gasteiger partial charge on any atom is 0.306 e. The third-order valence-electron chi connectivity index (χ3n) is 5.37. The fourth-order valence-electron chi connectivity index (χ4n) is 3.93. The van der Waals surface area contributed by atoms with E-state index in [0.717, 1.165) is 56.6 Å². The molecule has 0 amide bonds. The molecule has 28 heavy (non-hydrogen) atoms. The molecule has 3 aromatic rings. The van der Waals surface area contributed by atoms with Gasteiger partial charge in [0.2, 0.25) is 0 Å². The van der Waals surface area contributed by atoms with Gasteiger partial charge in [-0.2, -0.15) is 0 Å². The van der Waals surface area contributed by atoms with Gasteiger partial charge >= 0.3 is 5.97 Å². The predicted octanol–water partition coefficient (Wildman–Crippen LogP) is 3.06. The summed E-state index contributed by atoms with van der Waals surface area (Å²) in [6, 6.07) is 4.00. The minimum absolute atomic E-state index is 0.318. The van der Waals surface area contributed by atoms with Gasteiger partial charge in [-0.3, -0.25) is 4.79 Å². The molecule has 1 aromatic carbocycles. The van der Waals surface area contributed by atoms with Crippen LogP contribution in [0.15, 0.2) is 18.5 Å². The maximum atomic E-state index is 11.4. The number of aryl methyl sites for hydroxylation is 1. The molecule has 1 unspecified atom stereocenters. The Morgan fingerprint density at radius 2 is 2.29 bits per heavy atom. The van der Waals surface area contributed by atoms with Crippen LogP contribution in [0, 0.1) is 5.92 Å². The molecule has 3 heterocycles. The molecule has 9 heteroatoms. The van der Waals surface area contributed by atoms with Crippen molar-refractivity contribution in [3.63, 3.8) is 0 Å².